The first-order chi connectivity index (χ1) is 4.58. The summed E-state index contributed by atoms with van der Waals surface area (Å²) in [5.74, 6) is 0. The van der Waals surface area contributed by atoms with E-state index in [2.05, 4.69) is 10.6 Å². The Hall–Kier alpha value is -0.710. The first kappa shape index (κ1) is 7.40. The van der Waals surface area contributed by atoms with Crippen molar-refractivity contribution in [3.63, 3.8) is 0 Å². The Morgan fingerprint density at radius 3 is 2.60 bits per heavy atom. The van der Waals surface area contributed by atoms with Crippen LogP contribution in [0.15, 0.2) is 5.29 Å². The molecule has 0 spiro atoms. The summed E-state index contributed by atoms with van der Waals surface area (Å²) < 4.78 is 0. The molecule has 1 aliphatic rings. The van der Waals surface area contributed by atoms with Crippen molar-refractivity contribution in [3.8, 4) is 0 Å². The zero-order valence-corrected chi connectivity index (χ0v) is 6.73. The molecule has 0 aromatic rings. The molecule has 0 atom stereocenters. The molecule has 0 bridgehead atoms. The molecule has 0 amide bonds. The minimum atomic E-state index is -0.265. The van der Waals surface area contributed by atoms with Crippen LogP contribution in [0, 0.1) is 4.91 Å². The van der Waals surface area contributed by atoms with Crippen LogP contribution in [0.3, 0.4) is 0 Å². The average Bonchev–Trinajstić information content (AvgIpc) is 2.07. The van der Waals surface area contributed by atoms with E-state index >= 15 is 0 Å². The van der Waals surface area contributed by atoms with Gasteiger partial charge in [0.2, 0.25) is 0 Å². The summed E-state index contributed by atoms with van der Waals surface area (Å²) >= 11 is 4.81. The predicted octanol–water partition coefficient (Wildman–Crippen LogP) is 0.637. The van der Waals surface area contributed by atoms with Crippen LogP contribution >= 0.6 is 12.2 Å². The van der Waals surface area contributed by atoms with Crippen molar-refractivity contribution in [3.05, 3.63) is 4.91 Å². The number of hydrogen-bond donors (Lipinski definition) is 1. The van der Waals surface area contributed by atoms with Gasteiger partial charge in [-0.2, -0.15) is 5.01 Å². The summed E-state index contributed by atoms with van der Waals surface area (Å²) in [6.07, 6.45) is 0. The van der Waals surface area contributed by atoms with Crippen LogP contribution < -0.4 is 5.32 Å². The Kier molecular flexibility index (Phi) is 1.60. The molecule has 5 heteroatoms. The van der Waals surface area contributed by atoms with E-state index in [9.17, 15) is 4.91 Å². The van der Waals surface area contributed by atoms with Gasteiger partial charge in [-0.05, 0) is 26.1 Å². The van der Waals surface area contributed by atoms with E-state index in [4.69, 9.17) is 12.2 Å². The van der Waals surface area contributed by atoms with Gasteiger partial charge in [-0.3, -0.25) is 0 Å². The molecule has 1 saturated heterocycles. The number of thiocarbonyl (C=S) groups is 1. The maximum absolute atomic E-state index is 10.2. The van der Waals surface area contributed by atoms with E-state index in [1.165, 1.54) is 5.01 Å². The Balaban J connectivity index is 2.82. The lowest BCUT2D eigenvalue weighted by molar-refractivity contribution is 0.263. The van der Waals surface area contributed by atoms with Crippen molar-refractivity contribution in [1.29, 1.82) is 0 Å². The van der Waals surface area contributed by atoms with Crippen molar-refractivity contribution < 1.29 is 0 Å². The third-order valence-electron chi connectivity index (χ3n) is 1.52. The van der Waals surface area contributed by atoms with Crippen LogP contribution in [-0.4, -0.2) is 22.2 Å². The molecular weight excluding hydrogens is 150 g/mol. The SMILES string of the molecule is CC1(C)CNC(=S)N1N=O. The molecule has 1 rings (SSSR count). The van der Waals surface area contributed by atoms with Gasteiger partial charge in [0.1, 0.15) is 0 Å². The van der Waals surface area contributed by atoms with Crippen molar-refractivity contribution in [2.24, 2.45) is 5.29 Å². The number of nitrogens with zero attached hydrogens (tertiary/aromatic N) is 2. The van der Waals surface area contributed by atoms with Gasteiger partial charge in [0.25, 0.3) is 0 Å². The highest BCUT2D eigenvalue weighted by atomic mass is 32.1. The Labute approximate surface area is 64.5 Å². The Morgan fingerprint density at radius 1 is 1.80 bits per heavy atom. The highest BCUT2D eigenvalue weighted by Crippen LogP contribution is 2.18. The van der Waals surface area contributed by atoms with Crippen LogP contribution in [0.1, 0.15) is 13.8 Å². The summed E-state index contributed by atoms with van der Waals surface area (Å²) in [7, 11) is 0. The van der Waals surface area contributed by atoms with E-state index in [-0.39, 0.29) is 5.54 Å². The van der Waals surface area contributed by atoms with Gasteiger partial charge < -0.3 is 5.32 Å². The largest absolute Gasteiger partial charge is 0.359 e. The van der Waals surface area contributed by atoms with Gasteiger partial charge >= 0.3 is 0 Å². The Morgan fingerprint density at radius 2 is 2.40 bits per heavy atom. The zero-order chi connectivity index (χ0) is 7.78. The highest BCUT2D eigenvalue weighted by Gasteiger charge is 2.36. The molecule has 1 fully saturated rings. The fourth-order valence-electron chi connectivity index (χ4n) is 0.864. The fourth-order valence-corrected chi connectivity index (χ4v) is 1.22. The van der Waals surface area contributed by atoms with E-state index in [0.717, 1.165) is 0 Å². The van der Waals surface area contributed by atoms with Crippen molar-refractivity contribution >= 4 is 17.3 Å². The third kappa shape index (κ3) is 0.965. The second-order valence-corrected chi connectivity index (χ2v) is 3.25. The molecule has 1 heterocycles. The Bertz CT molecular complexity index is 180. The lowest BCUT2D eigenvalue weighted by Crippen LogP contribution is -2.37. The van der Waals surface area contributed by atoms with Crippen molar-refractivity contribution in [2.45, 2.75) is 19.4 Å². The van der Waals surface area contributed by atoms with Gasteiger partial charge in [-0.15, -0.1) is 4.91 Å². The summed E-state index contributed by atoms with van der Waals surface area (Å²) in [4.78, 5) is 10.2. The molecule has 0 aliphatic carbocycles. The number of nitrogens with one attached hydrogen (secondary N) is 1. The van der Waals surface area contributed by atoms with Crippen LogP contribution in [0.5, 0.6) is 0 Å². The standard InChI is InChI=1S/C5H9N3OS/c1-5(2)3-6-4(10)8(5)7-9/h3H2,1-2H3,(H,6,10). The quantitative estimate of drug-likeness (QED) is 0.450. The summed E-state index contributed by atoms with van der Waals surface area (Å²) in [6, 6.07) is 0. The number of nitroso groups, excluding NO2 is 1. The molecule has 0 aromatic heterocycles. The molecule has 0 unspecified atom stereocenters. The predicted molar refractivity (Wildman–Crippen MR) is 42.3 cm³/mol. The van der Waals surface area contributed by atoms with E-state index in [1.54, 1.807) is 0 Å². The van der Waals surface area contributed by atoms with Gasteiger partial charge in [-0.25, -0.2) is 0 Å². The van der Waals surface area contributed by atoms with Crippen LogP contribution in [0.2, 0.25) is 0 Å². The molecule has 0 aromatic carbocycles. The monoisotopic (exact) mass is 159 g/mol. The summed E-state index contributed by atoms with van der Waals surface area (Å²) in [5.41, 5.74) is -0.265. The first-order valence-electron chi connectivity index (χ1n) is 2.99. The number of hydrogen-bond acceptors (Lipinski definition) is 3. The minimum absolute atomic E-state index is 0.265. The maximum atomic E-state index is 10.2. The fraction of sp³-hybridized carbons (Fsp3) is 0.800. The maximum Gasteiger partial charge on any atom is 0.192 e. The normalized spacial score (nSPS) is 22.6. The zero-order valence-electron chi connectivity index (χ0n) is 5.92. The van der Waals surface area contributed by atoms with E-state index in [1.807, 2.05) is 13.8 Å². The lowest BCUT2D eigenvalue weighted by Gasteiger charge is -2.21. The lowest BCUT2D eigenvalue weighted by atomic mass is 10.1. The van der Waals surface area contributed by atoms with Crippen LogP contribution in [0.25, 0.3) is 0 Å². The topological polar surface area (TPSA) is 44.7 Å². The molecule has 1 N–H and O–H groups in total. The summed E-state index contributed by atoms with van der Waals surface area (Å²) in [6.45, 7) is 4.49. The highest BCUT2D eigenvalue weighted by molar-refractivity contribution is 7.80. The molecule has 0 saturated carbocycles. The van der Waals surface area contributed by atoms with Gasteiger partial charge in [0.15, 0.2) is 5.11 Å². The van der Waals surface area contributed by atoms with Gasteiger partial charge in [0, 0.05) is 6.54 Å². The number of rotatable bonds is 1. The average molecular weight is 159 g/mol. The second-order valence-electron chi connectivity index (χ2n) is 2.86. The van der Waals surface area contributed by atoms with Crippen LogP contribution in [0.4, 0.5) is 0 Å². The van der Waals surface area contributed by atoms with E-state index in [0.29, 0.717) is 11.7 Å². The van der Waals surface area contributed by atoms with Crippen LogP contribution in [-0.2, 0) is 0 Å². The second kappa shape index (κ2) is 2.16. The molecular formula is C5H9N3OS. The molecule has 4 nitrogen and oxygen atoms in total. The van der Waals surface area contributed by atoms with Gasteiger partial charge in [0.05, 0.1) is 10.8 Å². The van der Waals surface area contributed by atoms with E-state index < -0.39 is 0 Å². The molecule has 1 aliphatic heterocycles. The molecule has 56 valence electrons. The minimum Gasteiger partial charge on any atom is -0.359 e. The molecule has 10 heavy (non-hydrogen) atoms. The van der Waals surface area contributed by atoms with Crippen molar-refractivity contribution in [2.75, 3.05) is 6.54 Å². The van der Waals surface area contributed by atoms with Gasteiger partial charge in [-0.1, -0.05) is 0 Å². The van der Waals surface area contributed by atoms with Crippen molar-refractivity contribution in [1.82, 2.24) is 10.3 Å². The third-order valence-corrected chi connectivity index (χ3v) is 1.84. The smallest absolute Gasteiger partial charge is 0.192 e. The summed E-state index contributed by atoms with van der Waals surface area (Å²) in [5, 5.41) is 7.37. The molecule has 0 radical (unpaired) electrons. The first-order valence-corrected chi connectivity index (χ1v) is 3.40.